The maximum atomic E-state index is 12.3. The van der Waals surface area contributed by atoms with Gasteiger partial charge in [0.25, 0.3) is 0 Å². The lowest BCUT2D eigenvalue weighted by Gasteiger charge is -2.41. The second-order valence-corrected chi connectivity index (χ2v) is 6.78. The van der Waals surface area contributed by atoms with Gasteiger partial charge in [-0.1, -0.05) is 13.3 Å². The minimum atomic E-state index is -3.58. The summed E-state index contributed by atoms with van der Waals surface area (Å²) in [6.45, 7) is 2.58. The topological polar surface area (TPSA) is 97.1 Å². The third-order valence-electron chi connectivity index (χ3n) is 4.03. The molecular formula is C12H20N4O2S. The summed E-state index contributed by atoms with van der Waals surface area (Å²) in [4.78, 5) is 3.93. The molecule has 1 saturated carbocycles. The highest BCUT2D eigenvalue weighted by molar-refractivity contribution is 7.89. The van der Waals surface area contributed by atoms with Crippen molar-refractivity contribution in [3.63, 3.8) is 0 Å². The number of hydrazine groups is 1. The molecule has 19 heavy (non-hydrogen) atoms. The molecule has 0 aromatic carbocycles. The van der Waals surface area contributed by atoms with Crippen molar-refractivity contribution in [3.8, 4) is 0 Å². The van der Waals surface area contributed by atoms with Crippen molar-refractivity contribution in [2.24, 2.45) is 11.3 Å². The molecule has 1 fully saturated rings. The number of rotatable bonds is 6. The average Bonchev–Trinajstić information content (AvgIpc) is 2.38. The van der Waals surface area contributed by atoms with Crippen LogP contribution in [0.1, 0.15) is 32.6 Å². The van der Waals surface area contributed by atoms with E-state index in [0.29, 0.717) is 12.2 Å². The molecule has 1 aliphatic carbocycles. The lowest BCUT2D eigenvalue weighted by Crippen LogP contribution is -2.41. The van der Waals surface area contributed by atoms with Crippen molar-refractivity contribution in [3.05, 3.63) is 18.5 Å². The minimum absolute atomic E-state index is 0.0862. The zero-order valence-electron chi connectivity index (χ0n) is 11.0. The quantitative estimate of drug-likeness (QED) is 0.539. The Labute approximate surface area is 113 Å². The van der Waals surface area contributed by atoms with Crippen molar-refractivity contribution >= 4 is 15.7 Å². The van der Waals surface area contributed by atoms with E-state index in [2.05, 4.69) is 22.1 Å². The molecule has 6 nitrogen and oxygen atoms in total. The van der Waals surface area contributed by atoms with Crippen LogP contribution in [0.3, 0.4) is 0 Å². The largest absolute Gasteiger partial charge is 0.323 e. The SMILES string of the molecule is CCC1(CNS(=O)(=O)c2cnccc2NN)CCC1. The van der Waals surface area contributed by atoms with Crippen LogP contribution in [0.4, 0.5) is 5.69 Å². The molecule has 106 valence electrons. The Morgan fingerprint density at radius 2 is 2.21 bits per heavy atom. The minimum Gasteiger partial charge on any atom is -0.323 e. The van der Waals surface area contributed by atoms with Gasteiger partial charge < -0.3 is 5.43 Å². The van der Waals surface area contributed by atoms with Crippen molar-refractivity contribution in [1.82, 2.24) is 9.71 Å². The molecular weight excluding hydrogens is 264 g/mol. The van der Waals surface area contributed by atoms with E-state index in [0.717, 1.165) is 19.3 Å². The molecule has 0 radical (unpaired) electrons. The monoisotopic (exact) mass is 284 g/mol. The Hall–Kier alpha value is -1.18. The van der Waals surface area contributed by atoms with E-state index in [9.17, 15) is 8.42 Å². The molecule has 0 aliphatic heterocycles. The Balaban J connectivity index is 2.14. The van der Waals surface area contributed by atoms with Crippen LogP contribution in [0.15, 0.2) is 23.4 Å². The number of hydrogen-bond acceptors (Lipinski definition) is 5. The number of nitrogens with two attached hydrogens (primary N) is 1. The fraction of sp³-hybridized carbons (Fsp3) is 0.583. The summed E-state index contributed by atoms with van der Waals surface area (Å²) < 4.78 is 27.2. The standard InChI is InChI=1S/C12H20N4O2S/c1-2-12(5-3-6-12)9-15-19(17,18)11-8-14-7-4-10(11)16-13/h4,7-8,15H,2-3,5-6,9,13H2,1H3,(H,14,16). The van der Waals surface area contributed by atoms with Crippen LogP contribution in [-0.2, 0) is 10.0 Å². The highest BCUT2D eigenvalue weighted by Crippen LogP contribution is 2.43. The van der Waals surface area contributed by atoms with Gasteiger partial charge in [0, 0.05) is 18.9 Å². The second kappa shape index (κ2) is 5.44. The van der Waals surface area contributed by atoms with E-state index in [4.69, 9.17) is 5.84 Å². The number of aromatic nitrogens is 1. The zero-order valence-corrected chi connectivity index (χ0v) is 11.8. The molecule has 0 amide bonds. The highest BCUT2D eigenvalue weighted by Gasteiger charge is 2.36. The van der Waals surface area contributed by atoms with Crippen LogP contribution in [0, 0.1) is 5.41 Å². The molecule has 1 aliphatic rings. The van der Waals surface area contributed by atoms with Crippen LogP contribution < -0.4 is 16.0 Å². The van der Waals surface area contributed by atoms with E-state index in [1.54, 1.807) is 0 Å². The van der Waals surface area contributed by atoms with Gasteiger partial charge in [-0.05, 0) is 30.7 Å². The number of nitrogens with zero attached hydrogens (tertiary/aromatic N) is 1. The van der Waals surface area contributed by atoms with E-state index < -0.39 is 10.0 Å². The van der Waals surface area contributed by atoms with Gasteiger partial charge in [0.2, 0.25) is 10.0 Å². The molecule has 1 heterocycles. The van der Waals surface area contributed by atoms with Crippen molar-refractivity contribution in [2.45, 2.75) is 37.5 Å². The smallest absolute Gasteiger partial charge is 0.244 e. The van der Waals surface area contributed by atoms with Gasteiger partial charge in [-0.15, -0.1) is 0 Å². The van der Waals surface area contributed by atoms with Crippen molar-refractivity contribution in [1.29, 1.82) is 0 Å². The lowest BCUT2D eigenvalue weighted by atomic mass is 9.67. The Morgan fingerprint density at radius 3 is 2.74 bits per heavy atom. The van der Waals surface area contributed by atoms with E-state index >= 15 is 0 Å². The summed E-state index contributed by atoms with van der Waals surface area (Å²) in [6.07, 6.45) is 7.13. The maximum Gasteiger partial charge on any atom is 0.244 e. The molecule has 2 rings (SSSR count). The molecule has 0 saturated heterocycles. The Morgan fingerprint density at radius 1 is 1.47 bits per heavy atom. The van der Waals surface area contributed by atoms with Crippen molar-refractivity contribution in [2.75, 3.05) is 12.0 Å². The first-order valence-corrected chi connectivity index (χ1v) is 7.92. The molecule has 0 spiro atoms. The molecule has 0 atom stereocenters. The molecule has 4 N–H and O–H groups in total. The lowest BCUT2D eigenvalue weighted by molar-refractivity contribution is 0.133. The van der Waals surface area contributed by atoms with Gasteiger partial charge in [0.15, 0.2) is 0 Å². The van der Waals surface area contributed by atoms with Gasteiger partial charge in [0.05, 0.1) is 5.69 Å². The molecule has 0 bridgehead atoms. The summed E-state index contributed by atoms with van der Waals surface area (Å²) in [5.41, 5.74) is 2.86. The number of nitrogens with one attached hydrogen (secondary N) is 2. The first-order chi connectivity index (χ1) is 9.03. The van der Waals surface area contributed by atoms with Crippen LogP contribution in [0.25, 0.3) is 0 Å². The first kappa shape index (κ1) is 14.2. The molecule has 7 heteroatoms. The van der Waals surface area contributed by atoms with Crippen LogP contribution in [0.5, 0.6) is 0 Å². The van der Waals surface area contributed by atoms with Gasteiger partial charge in [-0.2, -0.15) is 0 Å². The normalized spacial score (nSPS) is 17.8. The van der Waals surface area contributed by atoms with E-state index in [-0.39, 0.29) is 10.3 Å². The van der Waals surface area contributed by atoms with Crippen LogP contribution >= 0.6 is 0 Å². The Kier molecular flexibility index (Phi) is 4.07. The molecule has 1 aromatic rings. The fourth-order valence-electron chi connectivity index (χ4n) is 2.37. The maximum absolute atomic E-state index is 12.3. The summed E-state index contributed by atoms with van der Waals surface area (Å²) in [6, 6.07) is 1.54. The van der Waals surface area contributed by atoms with E-state index in [1.165, 1.54) is 24.9 Å². The molecule has 1 aromatic heterocycles. The number of hydrogen-bond donors (Lipinski definition) is 3. The molecule has 0 unspecified atom stereocenters. The first-order valence-electron chi connectivity index (χ1n) is 6.43. The second-order valence-electron chi connectivity index (χ2n) is 5.05. The van der Waals surface area contributed by atoms with E-state index in [1.807, 2.05) is 0 Å². The van der Waals surface area contributed by atoms with Gasteiger partial charge >= 0.3 is 0 Å². The predicted octanol–water partition coefficient (Wildman–Crippen LogP) is 1.23. The average molecular weight is 284 g/mol. The summed E-state index contributed by atoms with van der Waals surface area (Å²) in [7, 11) is -3.58. The van der Waals surface area contributed by atoms with Crippen LogP contribution in [-0.4, -0.2) is 19.9 Å². The fourth-order valence-corrected chi connectivity index (χ4v) is 3.64. The number of sulfonamides is 1. The van der Waals surface area contributed by atoms with Gasteiger partial charge in [0.1, 0.15) is 4.90 Å². The zero-order chi connectivity index (χ0) is 13.9. The third-order valence-corrected chi connectivity index (χ3v) is 5.46. The number of pyridine rings is 1. The highest BCUT2D eigenvalue weighted by atomic mass is 32.2. The summed E-state index contributed by atoms with van der Waals surface area (Å²) >= 11 is 0. The van der Waals surface area contributed by atoms with Crippen LogP contribution in [0.2, 0.25) is 0 Å². The summed E-state index contributed by atoms with van der Waals surface area (Å²) in [5.74, 6) is 5.32. The van der Waals surface area contributed by atoms with Crippen molar-refractivity contribution < 1.29 is 8.42 Å². The number of nitrogen functional groups attached to an aromatic ring is 1. The number of anilines is 1. The predicted molar refractivity (Wildman–Crippen MR) is 73.8 cm³/mol. The van der Waals surface area contributed by atoms with Gasteiger partial charge in [-0.25, -0.2) is 13.1 Å². The Bertz CT molecular complexity index is 535. The van der Waals surface area contributed by atoms with Gasteiger partial charge in [-0.3, -0.25) is 10.8 Å². The third kappa shape index (κ3) is 2.88. The summed E-state index contributed by atoms with van der Waals surface area (Å²) in [5, 5.41) is 0.